The highest BCUT2D eigenvalue weighted by Gasteiger charge is 2.06. The summed E-state index contributed by atoms with van der Waals surface area (Å²) < 4.78 is 23.6. The first-order valence-electron chi connectivity index (χ1n) is 5.88. The van der Waals surface area contributed by atoms with E-state index in [0.717, 1.165) is 11.1 Å². The first-order chi connectivity index (χ1) is 9.22. The molecule has 100 valence electrons. The van der Waals surface area contributed by atoms with Gasteiger partial charge < -0.3 is 14.6 Å². The number of halogens is 1. The second-order valence-corrected chi connectivity index (χ2v) is 4.06. The van der Waals surface area contributed by atoms with Crippen molar-refractivity contribution in [2.45, 2.75) is 13.2 Å². The molecule has 0 amide bonds. The van der Waals surface area contributed by atoms with Crippen LogP contribution in [0.2, 0.25) is 0 Å². The van der Waals surface area contributed by atoms with E-state index in [2.05, 4.69) is 0 Å². The number of hydrogen-bond donors (Lipinski definition) is 1. The smallest absolute Gasteiger partial charge is 0.161 e. The average molecular weight is 262 g/mol. The van der Waals surface area contributed by atoms with Crippen LogP contribution < -0.4 is 9.47 Å². The number of hydrogen-bond acceptors (Lipinski definition) is 3. The van der Waals surface area contributed by atoms with Crippen molar-refractivity contribution in [3.05, 3.63) is 59.4 Å². The molecule has 1 N–H and O–H groups in total. The summed E-state index contributed by atoms with van der Waals surface area (Å²) in [5.74, 6) is 0.881. The van der Waals surface area contributed by atoms with Gasteiger partial charge >= 0.3 is 0 Å². The zero-order valence-corrected chi connectivity index (χ0v) is 10.6. The van der Waals surface area contributed by atoms with Crippen molar-refractivity contribution in [1.82, 2.24) is 0 Å². The standard InChI is InChI=1S/C15H15FO3/c1-18-15-8-12(9-17)4-7-14(15)19-10-11-2-5-13(16)6-3-11/h2-8,17H,9-10H2,1H3. The van der Waals surface area contributed by atoms with Crippen molar-refractivity contribution in [2.75, 3.05) is 7.11 Å². The predicted molar refractivity (Wildman–Crippen MR) is 69.6 cm³/mol. The average Bonchev–Trinajstić information content (AvgIpc) is 2.46. The predicted octanol–water partition coefficient (Wildman–Crippen LogP) is 2.91. The maximum atomic E-state index is 12.8. The molecule has 2 aromatic carbocycles. The SMILES string of the molecule is COc1cc(CO)ccc1OCc1ccc(F)cc1. The van der Waals surface area contributed by atoms with Gasteiger partial charge in [-0.25, -0.2) is 4.39 Å². The van der Waals surface area contributed by atoms with E-state index >= 15 is 0 Å². The van der Waals surface area contributed by atoms with Crippen molar-refractivity contribution < 1.29 is 19.0 Å². The van der Waals surface area contributed by atoms with E-state index in [0.29, 0.717) is 18.1 Å². The summed E-state index contributed by atoms with van der Waals surface area (Å²) >= 11 is 0. The lowest BCUT2D eigenvalue weighted by molar-refractivity contribution is 0.274. The molecule has 0 fully saturated rings. The molecule has 4 heteroatoms. The minimum atomic E-state index is -0.270. The van der Waals surface area contributed by atoms with Crippen LogP contribution in [0.15, 0.2) is 42.5 Å². The summed E-state index contributed by atoms with van der Waals surface area (Å²) in [6.45, 7) is 0.281. The molecule has 19 heavy (non-hydrogen) atoms. The molecule has 0 heterocycles. The van der Waals surface area contributed by atoms with Crippen molar-refractivity contribution in [2.24, 2.45) is 0 Å². The van der Waals surface area contributed by atoms with Gasteiger partial charge in [-0.2, -0.15) is 0 Å². The first kappa shape index (κ1) is 13.4. The van der Waals surface area contributed by atoms with E-state index in [9.17, 15) is 4.39 Å². The van der Waals surface area contributed by atoms with Crippen LogP contribution in [0.25, 0.3) is 0 Å². The minimum absolute atomic E-state index is 0.0470. The Bertz CT molecular complexity index is 538. The van der Waals surface area contributed by atoms with Gasteiger partial charge in [-0.05, 0) is 35.4 Å². The molecule has 0 aliphatic rings. The largest absolute Gasteiger partial charge is 0.493 e. The molecule has 0 saturated carbocycles. The second kappa shape index (κ2) is 6.20. The van der Waals surface area contributed by atoms with Crippen LogP contribution in [0.1, 0.15) is 11.1 Å². The van der Waals surface area contributed by atoms with Crippen LogP contribution in [0, 0.1) is 5.82 Å². The highest BCUT2D eigenvalue weighted by molar-refractivity contribution is 5.42. The number of ether oxygens (including phenoxy) is 2. The molecule has 2 aromatic rings. The number of aliphatic hydroxyl groups is 1. The van der Waals surface area contributed by atoms with Gasteiger partial charge in [-0.3, -0.25) is 0 Å². The highest BCUT2D eigenvalue weighted by Crippen LogP contribution is 2.28. The van der Waals surface area contributed by atoms with E-state index in [1.807, 2.05) is 0 Å². The molecular weight excluding hydrogens is 247 g/mol. The van der Waals surface area contributed by atoms with Crippen LogP contribution in [0.5, 0.6) is 11.5 Å². The first-order valence-corrected chi connectivity index (χ1v) is 5.88. The van der Waals surface area contributed by atoms with E-state index in [1.54, 1.807) is 37.4 Å². The number of rotatable bonds is 5. The van der Waals surface area contributed by atoms with Crippen molar-refractivity contribution >= 4 is 0 Å². The molecule has 0 aliphatic carbocycles. The van der Waals surface area contributed by atoms with Crippen molar-refractivity contribution in [3.8, 4) is 11.5 Å². The van der Waals surface area contributed by atoms with Crippen LogP contribution in [-0.2, 0) is 13.2 Å². The monoisotopic (exact) mass is 262 g/mol. The molecule has 0 atom stereocenters. The molecule has 3 nitrogen and oxygen atoms in total. The molecule has 0 radical (unpaired) electrons. The van der Waals surface area contributed by atoms with Crippen molar-refractivity contribution in [3.63, 3.8) is 0 Å². The zero-order chi connectivity index (χ0) is 13.7. The number of methoxy groups -OCH3 is 1. The molecule has 2 rings (SSSR count). The van der Waals surface area contributed by atoms with E-state index < -0.39 is 0 Å². The third-order valence-corrected chi connectivity index (χ3v) is 2.72. The van der Waals surface area contributed by atoms with Crippen LogP contribution in [-0.4, -0.2) is 12.2 Å². The Labute approximate surface area is 111 Å². The van der Waals surface area contributed by atoms with Gasteiger partial charge in [-0.15, -0.1) is 0 Å². The van der Waals surface area contributed by atoms with Gasteiger partial charge in [0.15, 0.2) is 11.5 Å². The summed E-state index contributed by atoms with van der Waals surface area (Å²) in [5.41, 5.74) is 1.63. The number of benzene rings is 2. The summed E-state index contributed by atoms with van der Waals surface area (Å²) in [6.07, 6.45) is 0. The Kier molecular flexibility index (Phi) is 4.36. The molecule has 0 spiro atoms. The second-order valence-electron chi connectivity index (χ2n) is 4.06. The third-order valence-electron chi connectivity index (χ3n) is 2.72. The Morgan fingerprint density at radius 3 is 2.32 bits per heavy atom. The summed E-state index contributed by atoms with van der Waals surface area (Å²) in [6, 6.07) is 11.4. The molecule has 0 unspecified atom stereocenters. The van der Waals surface area contributed by atoms with Gasteiger partial charge in [0.1, 0.15) is 12.4 Å². The lowest BCUT2D eigenvalue weighted by atomic mass is 10.2. The van der Waals surface area contributed by atoms with Crippen LogP contribution in [0.4, 0.5) is 4.39 Å². The molecule has 0 aromatic heterocycles. The Balaban J connectivity index is 2.08. The fourth-order valence-corrected chi connectivity index (χ4v) is 1.67. The van der Waals surface area contributed by atoms with Crippen molar-refractivity contribution in [1.29, 1.82) is 0 Å². The van der Waals surface area contributed by atoms with Gasteiger partial charge in [0.25, 0.3) is 0 Å². The fraction of sp³-hybridized carbons (Fsp3) is 0.200. The lowest BCUT2D eigenvalue weighted by Crippen LogP contribution is -1.98. The fourth-order valence-electron chi connectivity index (χ4n) is 1.67. The highest BCUT2D eigenvalue weighted by atomic mass is 19.1. The molecular formula is C15H15FO3. The maximum Gasteiger partial charge on any atom is 0.161 e. The van der Waals surface area contributed by atoms with E-state index in [4.69, 9.17) is 14.6 Å². The Morgan fingerprint density at radius 2 is 1.68 bits per heavy atom. The summed E-state index contributed by atoms with van der Waals surface area (Å²) in [4.78, 5) is 0. The Hall–Kier alpha value is -2.07. The third kappa shape index (κ3) is 3.45. The molecule has 0 aliphatic heterocycles. The molecule has 0 saturated heterocycles. The minimum Gasteiger partial charge on any atom is -0.493 e. The topological polar surface area (TPSA) is 38.7 Å². The van der Waals surface area contributed by atoms with Crippen LogP contribution in [0.3, 0.4) is 0 Å². The normalized spacial score (nSPS) is 10.3. The van der Waals surface area contributed by atoms with Gasteiger partial charge in [0, 0.05) is 0 Å². The van der Waals surface area contributed by atoms with E-state index in [1.165, 1.54) is 12.1 Å². The summed E-state index contributed by atoms with van der Waals surface area (Å²) in [7, 11) is 1.54. The zero-order valence-electron chi connectivity index (χ0n) is 10.6. The lowest BCUT2D eigenvalue weighted by Gasteiger charge is -2.11. The van der Waals surface area contributed by atoms with Gasteiger partial charge in [0.05, 0.1) is 13.7 Å². The quantitative estimate of drug-likeness (QED) is 0.900. The number of aliphatic hydroxyl groups excluding tert-OH is 1. The van der Waals surface area contributed by atoms with Crippen LogP contribution >= 0.6 is 0 Å². The van der Waals surface area contributed by atoms with E-state index in [-0.39, 0.29) is 12.4 Å². The Morgan fingerprint density at radius 1 is 1.00 bits per heavy atom. The molecule has 0 bridgehead atoms. The van der Waals surface area contributed by atoms with Gasteiger partial charge in [0.2, 0.25) is 0 Å². The van der Waals surface area contributed by atoms with Gasteiger partial charge in [-0.1, -0.05) is 18.2 Å². The summed E-state index contributed by atoms with van der Waals surface area (Å²) in [5, 5.41) is 9.05. The maximum absolute atomic E-state index is 12.8.